The Kier molecular flexibility index (Phi) is 7.09. The molecule has 0 radical (unpaired) electrons. The zero-order valence-corrected chi connectivity index (χ0v) is 13.9. The number of hydrogen-bond donors (Lipinski definition) is 2. The van der Waals surface area contributed by atoms with Crippen LogP contribution >= 0.6 is 15.9 Å². The van der Waals surface area contributed by atoms with Crippen molar-refractivity contribution >= 4 is 32.0 Å². The maximum absolute atomic E-state index is 12.1. The number of sulfonamides is 1. The molecule has 0 spiro atoms. The van der Waals surface area contributed by atoms with Gasteiger partial charge in [0.1, 0.15) is 6.61 Å². The Bertz CT molecular complexity index is 591. The van der Waals surface area contributed by atoms with Gasteiger partial charge in [0.2, 0.25) is 10.0 Å². The predicted octanol–water partition coefficient (Wildman–Crippen LogP) is 1.15. The van der Waals surface area contributed by atoms with Crippen LogP contribution in [0, 0.1) is 6.92 Å². The summed E-state index contributed by atoms with van der Waals surface area (Å²) in [6, 6.07) is 4.93. The smallest absolute Gasteiger partial charge is 0.404 e. The minimum absolute atomic E-state index is 0.0356. The first kappa shape index (κ1) is 17.9. The van der Waals surface area contributed by atoms with Gasteiger partial charge in [-0.25, -0.2) is 17.9 Å². The summed E-state index contributed by atoms with van der Waals surface area (Å²) in [5.74, 6) is 0. The Morgan fingerprint density at radius 1 is 1.33 bits per heavy atom. The number of aryl methyl sites for hydroxylation is 1. The molecule has 0 fully saturated rings. The number of amides is 1. The highest BCUT2D eigenvalue weighted by Crippen LogP contribution is 2.19. The van der Waals surface area contributed by atoms with E-state index in [1.807, 2.05) is 0 Å². The lowest BCUT2D eigenvalue weighted by Crippen LogP contribution is -2.28. The number of nitrogens with one attached hydrogen (secondary N) is 1. The van der Waals surface area contributed by atoms with Gasteiger partial charge >= 0.3 is 6.09 Å². The first-order chi connectivity index (χ1) is 9.83. The van der Waals surface area contributed by atoms with Crippen LogP contribution in [-0.2, 0) is 19.5 Å². The minimum Gasteiger partial charge on any atom is -0.447 e. The highest BCUT2D eigenvalue weighted by atomic mass is 79.9. The highest BCUT2D eigenvalue weighted by molar-refractivity contribution is 9.10. The fourth-order valence-corrected chi connectivity index (χ4v) is 3.26. The van der Waals surface area contributed by atoms with Crippen LogP contribution in [0.2, 0.25) is 0 Å². The van der Waals surface area contributed by atoms with Crippen molar-refractivity contribution in [1.82, 2.24) is 4.72 Å². The van der Waals surface area contributed by atoms with Gasteiger partial charge in [0.05, 0.1) is 18.1 Å². The van der Waals surface area contributed by atoms with Gasteiger partial charge in [0.25, 0.3) is 0 Å². The van der Waals surface area contributed by atoms with E-state index < -0.39 is 16.1 Å². The van der Waals surface area contributed by atoms with Crippen molar-refractivity contribution in [2.24, 2.45) is 5.73 Å². The second kappa shape index (κ2) is 8.32. The standard InChI is InChI=1S/C12H17BrN2O5S/c1-9-8-10(13)2-3-11(9)21(17,18)15-4-5-19-6-7-20-12(14)16/h2-3,8,15H,4-7H2,1H3,(H2,14,16). The molecule has 7 nitrogen and oxygen atoms in total. The van der Waals surface area contributed by atoms with Crippen LogP contribution in [-0.4, -0.2) is 40.9 Å². The molecule has 1 aromatic rings. The van der Waals surface area contributed by atoms with E-state index in [0.717, 1.165) is 4.47 Å². The number of nitrogens with two attached hydrogens (primary N) is 1. The molecule has 0 atom stereocenters. The van der Waals surface area contributed by atoms with Gasteiger partial charge in [-0.3, -0.25) is 0 Å². The predicted molar refractivity (Wildman–Crippen MR) is 80.4 cm³/mol. The Labute approximate surface area is 132 Å². The van der Waals surface area contributed by atoms with Crippen molar-refractivity contribution in [3.05, 3.63) is 28.2 Å². The van der Waals surface area contributed by atoms with E-state index in [0.29, 0.717) is 5.56 Å². The average Bonchev–Trinajstić information content (AvgIpc) is 2.36. The normalized spacial score (nSPS) is 11.3. The number of rotatable bonds is 8. The molecule has 1 aromatic carbocycles. The van der Waals surface area contributed by atoms with Gasteiger partial charge in [-0.15, -0.1) is 0 Å². The van der Waals surface area contributed by atoms with Crippen LogP contribution in [0.5, 0.6) is 0 Å². The monoisotopic (exact) mass is 380 g/mol. The summed E-state index contributed by atoms with van der Waals surface area (Å²) in [7, 11) is -3.57. The summed E-state index contributed by atoms with van der Waals surface area (Å²) in [6.07, 6.45) is -0.870. The first-order valence-electron chi connectivity index (χ1n) is 6.09. The molecule has 0 saturated heterocycles. The average molecular weight is 381 g/mol. The fraction of sp³-hybridized carbons (Fsp3) is 0.417. The quantitative estimate of drug-likeness (QED) is 0.657. The molecule has 0 heterocycles. The van der Waals surface area contributed by atoms with Crippen LogP contribution in [0.15, 0.2) is 27.6 Å². The van der Waals surface area contributed by atoms with E-state index in [2.05, 4.69) is 25.4 Å². The fourth-order valence-electron chi connectivity index (χ4n) is 1.54. The molecule has 3 N–H and O–H groups in total. The van der Waals surface area contributed by atoms with E-state index in [1.54, 1.807) is 19.1 Å². The third kappa shape index (κ3) is 6.42. The molecule has 118 valence electrons. The van der Waals surface area contributed by atoms with E-state index in [9.17, 15) is 13.2 Å². The summed E-state index contributed by atoms with van der Waals surface area (Å²) in [4.78, 5) is 10.5. The molecule has 1 rings (SSSR count). The number of carbonyl (C=O) groups excluding carboxylic acids is 1. The zero-order chi connectivity index (χ0) is 15.9. The topological polar surface area (TPSA) is 108 Å². The Morgan fingerprint density at radius 2 is 2.05 bits per heavy atom. The Hall–Kier alpha value is -1.16. The lowest BCUT2D eigenvalue weighted by Gasteiger charge is -2.10. The van der Waals surface area contributed by atoms with Gasteiger partial charge in [0, 0.05) is 11.0 Å². The van der Waals surface area contributed by atoms with Crippen LogP contribution < -0.4 is 10.5 Å². The van der Waals surface area contributed by atoms with Gasteiger partial charge < -0.3 is 15.2 Å². The summed E-state index contributed by atoms with van der Waals surface area (Å²) in [5, 5.41) is 0. The first-order valence-corrected chi connectivity index (χ1v) is 8.36. The number of hydrogen-bond acceptors (Lipinski definition) is 5. The van der Waals surface area contributed by atoms with Crippen molar-refractivity contribution in [1.29, 1.82) is 0 Å². The maximum Gasteiger partial charge on any atom is 0.404 e. The second-order valence-corrected chi connectivity index (χ2v) is 6.74. The summed E-state index contributed by atoms with van der Waals surface area (Å²) >= 11 is 3.28. The van der Waals surface area contributed by atoms with Gasteiger partial charge in [-0.05, 0) is 30.7 Å². The molecule has 1 amide bonds. The van der Waals surface area contributed by atoms with Crippen molar-refractivity contribution < 1.29 is 22.7 Å². The third-order valence-electron chi connectivity index (χ3n) is 2.44. The summed E-state index contributed by atoms with van der Waals surface area (Å²) in [6.45, 7) is 2.19. The number of ether oxygens (including phenoxy) is 2. The van der Waals surface area contributed by atoms with Crippen molar-refractivity contribution in [2.75, 3.05) is 26.4 Å². The minimum atomic E-state index is -3.57. The van der Waals surface area contributed by atoms with E-state index in [4.69, 9.17) is 10.5 Å². The highest BCUT2D eigenvalue weighted by Gasteiger charge is 2.15. The molecule has 0 aliphatic carbocycles. The molecule has 9 heteroatoms. The van der Waals surface area contributed by atoms with Crippen LogP contribution in [0.25, 0.3) is 0 Å². The molecule has 0 bridgehead atoms. The van der Waals surface area contributed by atoms with Crippen molar-refractivity contribution in [2.45, 2.75) is 11.8 Å². The zero-order valence-electron chi connectivity index (χ0n) is 11.5. The number of benzene rings is 1. The van der Waals surface area contributed by atoms with Gasteiger partial charge in [0.15, 0.2) is 0 Å². The van der Waals surface area contributed by atoms with Crippen LogP contribution in [0.3, 0.4) is 0 Å². The molecule has 0 aliphatic heterocycles. The second-order valence-electron chi connectivity index (χ2n) is 4.09. The number of halogens is 1. The molecule has 0 aliphatic rings. The number of primary amides is 1. The molecular formula is C12H17BrN2O5S. The molecule has 0 aromatic heterocycles. The van der Waals surface area contributed by atoms with Crippen molar-refractivity contribution in [3.63, 3.8) is 0 Å². The molecular weight excluding hydrogens is 364 g/mol. The number of carbonyl (C=O) groups is 1. The molecule has 0 saturated carbocycles. The van der Waals surface area contributed by atoms with Crippen molar-refractivity contribution in [3.8, 4) is 0 Å². The SMILES string of the molecule is Cc1cc(Br)ccc1S(=O)(=O)NCCOCCOC(N)=O. The van der Waals surface area contributed by atoms with E-state index in [1.165, 1.54) is 6.07 Å². The summed E-state index contributed by atoms with van der Waals surface area (Å²) in [5.41, 5.74) is 5.41. The van der Waals surface area contributed by atoms with Crippen LogP contribution in [0.1, 0.15) is 5.56 Å². The summed E-state index contributed by atoms with van der Waals surface area (Å²) < 4.78 is 37.0. The van der Waals surface area contributed by atoms with E-state index in [-0.39, 0.29) is 31.3 Å². The van der Waals surface area contributed by atoms with Gasteiger partial charge in [-0.2, -0.15) is 0 Å². The lowest BCUT2D eigenvalue weighted by molar-refractivity contribution is 0.0793. The third-order valence-corrected chi connectivity index (χ3v) is 4.55. The largest absolute Gasteiger partial charge is 0.447 e. The van der Waals surface area contributed by atoms with Gasteiger partial charge in [-0.1, -0.05) is 15.9 Å². The Balaban J connectivity index is 2.38. The van der Waals surface area contributed by atoms with Crippen LogP contribution in [0.4, 0.5) is 4.79 Å². The maximum atomic E-state index is 12.1. The molecule has 21 heavy (non-hydrogen) atoms. The lowest BCUT2D eigenvalue weighted by atomic mass is 10.2. The molecule has 0 unspecified atom stereocenters. The Morgan fingerprint density at radius 3 is 2.67 bits per heavy atom. The van der Waals surface area contributed by atoms with E-state index >= 15 is 0 Å².